The average molecular weight is 258 g/mol. The SMILES string of the molecule is CCCc1ccc(NC(=O)c2ccncc2F)cc1. The van der Waals surface area contributed by atoms with Gasteiger partial charge in [-0.15, -0.1) is 0 Å². The maximum atomic E-state index is 13.4. The summed E-state index contributed by atoms with van der Waals surface area (Å²) in [6, 6.07) is 8.92. The highest BCUT2D eigenvalue weighted by Crippen LogP contribution is 2.13. The number of aryl methyl sites for hydroxylation is 1. The van der Waals surface area contributed by atoms with Crippen LogP contribution in [-0.2, 0) is 6.42 Å². The van der Waals surface area contributed by atoms with Crippen molar-refractivity contribution in [1.29, 1.82) is 0 Å². The van der Waals surface area contributed by atoms with Crippen LogP contribution < -0.4 is 5.32 Å². The molecule has 0 aliphatic carbocycles. The number of rotatable bonds is 4. The molecule has 1 aromatic carbocycles. The Hall–Kier alpha value is -2.23. The van der Waals surface area contributed by atoms with Gasteiger partial charge in [0.05, 0.1) is 11.8 Å². The van der Waals surface area contributed by atoms with E-state index in [1.165, 1.54) is 17.8 Å². The number of benzene rings is 1. The lowest BCUT2D eigenvalue weighted by Crippen LogP contribution is -2.13. The molecule has 0 saturated carbocycles. The third kappa shape index (κ3) is 3.37. The molecule has 1 heterocycles. The van der Waals surface area contributed by atoms with Crippen LogP contribution in [0.2, 0.25) is 0 Å². The van der Waals surface area contributed by atoms with E-state index in [1.807, 2.05) is 24.3 Å². The summed E-state index contributed by atoms with van der Waals surface area (Å²) in [5.74, 6) is -1.09. The Bertz CT molecular complexity index is 567. The van der Waals surface area contributed by atoms with Crippen molar-refractivity contribution in [3.8, 4) is 0 Å². The minimum Gasteiger partial charge on any atom is -0.322 e. The van der Waals surface area contributed by atoms with Gasteiger partial charge in [0.15, 0.2) is 5.82 Å². The summed E-state index contributed by atoms with van der Waals surface area (Å²) >= 11 is 0. The molecule has 0 aliphatic heterocycles. The Morgan fingerprint density at radius 2 is 2.00 bits per heavy atom. The molecule has 0 radical (unpaired) electrons. The van der Waals surface area contributed by atoms with Crippen LogP contribution in [0.15, 0.2) is 42.7 Å². The first kappa shape index (κ1) is 13.2. The first-order valence-corrected chi connectivity index (χ1v) is 6.20. The Morgan fingerprint density at radius 3 is 2.63 bits per heavy atom. The van der Waals surface area contributed by atoms with E-state index in [0.717, 1.165) is 19.0 Å². The first-order valence-electron chi connectivity index (χ1n) is 6.20. The second kappa shape index (κ2) is 6.09. The average Bonchev–Trinajstić information content (AvgIpc) is 2.42. The standard InChI is InChI=1S/C15H15FN2O/c1-2-3-11-4-6-12(7-5-11)18-15(19)13-8-9-17-10-14(13)16/h4-10H,2-3H2,1H3,(H,18,19). The molecule has 1 N–H and O–H groups in total. The second-order valence-corrected chi connectivity index (χ2v) is 4.26. The van der Waals surface area contributed by atoms with Gasteiger partial charge in [0, 0.05) is 11.9 Å². The van der Waals surface area contributed by atoms with Gasteiger partial charge in [-0.25, -0.2) is 4.39 Å². The molecular weight excluding hydrogens is 243 g/mol. The maximum absolute atomic E-state index is 13.4. The number of nitrogens with zero attached hydrogens (tertiary/aromatic N) is 1. The number of amides is 1. The zero-order chi connectivity index (χ0) is 13.7. The quantitative estimate of drug-likeness (QED) is 0.913. The number of pyridine rings is 1. The fourth-order valence-electron chi connectivity index (χ4n) is 1.80. The zero-order valence-electron chi connectivity index (χ0n) is 10.7. The van der Waals surface area contributed by atoms with Crippen molar-refractivity contribution >= 4 is 11.6 Å². The van der Waals surface area contributed by atoms with Gasteiger partial charge < -0.3 is 5.32 Å². The Labute approximate surface area is 111 Å². The van der Waals surface area contributed by atoms with Crippen LogP contribution in [0.5, 0.6) is 0 Å². The van der Waals surface area contributed by atoms with Gasteiger partial charge in [-0.1, -0.05) is 25.5 Å². The summed E-state index contributed by atoms with van der Waals surface area (Å²) in [5, 5.41) is 2.66. The molecule has 0 spiro atoms. The van der Waals surface area contributed by atoms with Crippen molar-refractivity contribution in [3.05, 3.63) is 59.7 Å². The lowest BCUT2D eigenvalue weighted by atomic mass is 10.1. The lowest BCUT2D eigenvalue weighted by Gasteiger charge is -2.06. The molecular formula is C15H15FN2O. The highest BCUT2D eigenvalue weighted by atomic mass is 19.1. The topological polar surface area (TPSA) is 42.0 Å². The van der Waals surface area contributed by atoms with Crippen molar-refractivity contribution in [2.45, 2.75) is 19.8 Å². The van der Waals surface area contributed by atoms with Gasteiger partial charge in [0.2, 0.25) is 0 Å². The van der Waals surface area contributed by atoms with Gasteiger partial charge in [-0.05, 0) is 30.2 Å². The summed E-state index contributed by atoms with van der Waals surface area (Å²) in [6.45, 7) is 2.11. The number of hydrogen-bond acceptors (Lipinski definition) is 2. The molecule has 4 heteroatoms. The molecule has 0 bridgehead atoms. The van der Waals surface area contributed by atoms with Crippen LogP contribution in [0.25, 0.3) is 0 Å². The predicted octanol–water partition coefficient (Wildman–Crippen LogP) is 3.43. The van der Waals surface area contributed by atoms with Gasteiger partial charge in [0.1, 0.15) is 0 Å². The Balaban J connectivity index is 2.09. The normalized spacial score (nSPS) is 10.2. The number of halogens is 1. The van der Waals surface area contributed by atoms with Crippen molar-refractivity contribution in [1.82, 2.24) is 4.98 Å². The number of carbonyl (C=O) groups excluding carboxylic acids is 1. The maximum Gasteiger partial charge on any atom is 0.258 e. The summed E-state index contributed by atoms with van der Waals surface area (Å²) in [6.07, 6.45) is 4.50. The number of aromatic nitrogens is 1. The number of hydrogen-bond donors (Lipinski definition) is 1. The van der Waals surface area contributed by atoms with Crippen LogP contribution in [0.4, 0.5) is 10.1 Å². The third-order valence-electron chi connectivity index (χ3n) is 2.77. The molecule has 2 rings (SSSR count). The molecule has 98 valence electrons. The minimum absolute atomic E-state index is 0.00682. The number of carbonyl (C=O) groups is 1. The van der Waals surface area contributed by atoms with Gasteiger partial charge in [-0.2, -0.15) is 0 Å². The first-order chi connectivity index (χ1) is 9.20. The largest absolute Gasteiger partial charge is 0.322 e. The van der Waals surface area contributed by atoms with Gasteiger partial charge in [-0.3, -0.25) is 9.78 Å². The third-order valence-corrected chi connectivity index (χ3v) is 2.77. The minimum atomic E-state index is -0.623. The summed E-state index contributed by atoms with van der Waals surface area (Å²) < 4.78 is 13.4. The van der Waals surface area contributed by atoms with Crippen molar-refractivity contribution < 1.29 is 9.18 Å². The van der Waals surface area contributed by atoms with Crippen molar-refractivity contribution in [3.63, 3.8) is 0 Å². The van der Waals surface area contributed by atoms with Crippen LogP contribution in [0.1, 0.15) is 29.3 Å². The fourth-order valence-corrected chi connectivity index (χ4v) is 1.80. The van der Waals surface area contributed by atoms with E-state index >= 15 is 0 Å². The van der Waals surface area contributed by atoms with Crippen molar-refractivity contribution in [2.75, 3.05) is 5.32 Å². The molecule has 0 atom stereocenters. The molecule has 0 aliphatic rings. The summed E-state index contributed by atoms with van der Waals surface area (Å²) in [4.78, 5) is 15.5. The molecule has 2 aromatic rings. The smallest absolute Gasteiger partial charge is 0.258 e. The van der Waals surface area contributed by atoms with Crippen LogP contribution >= 0.6 is 0 Å². The summed E-state index contributed by atoms with van der Waals surface area (Å²) in [7, 11) is 0. The van der Waals surface area contributed by atoms with E-state index in [0.29, 0.717) is 5.69 Å². The molecule has 0 saturated heterocycles. The van der Waals surface area contributed by atoms with E-state index in [2.05, 4.69) is 17.2 Å². The number of nitrogens with one attached hydrogen (secondary N) is 1. The van der Waals surface area contributed by atoms with Crippen molar-refractivity contribution in [2.24, 2.45) is 0 Å². The van der Waals surface area contributed by atoms with E-state index in [4.69, 9.17) is 0 Å². The molecule has 0 unspecified atom stereocenters. The van der Waals surface area contributed by atoms with E-state index in [1.54, 1.807) is 0 Å². The van der Waals surface area contributed by atoms with Crippen LogP contribution in [0.3, 0.4) is 0 Å². The van der Waals surface area contributed by atoms with E-state index in [9.17, 15) is 9.18 Å². The van der Waals surface area contributed by atoms with Crippen LogP contribution in [-0.4, -0.2) is 10.9 Å². The highest BCUT2D eigenvalue weighted by Gasteiger charge is 2.11. The molecule has 1 amide bonds. The van der Waals surface area contributed by atoms with E-state index < -0.39 is 11.7 Å². The summed E-state index contributed by atoms with van der Waals surface area (Å²) in [5.41, 5.74) is 1.87. The second-order valence-electron chi connectivity index (χ2n) is 4.26. The van der Waals surface area contributed by atoms with Gasteiger partial charge in [0.25, 0.3) is 5.91 Å². The van der Waals surface area contributed by atoms with Crippen LogP contribution in [0, 0.1) is 5.82 Å². The molecule has 0 fully saturated rings. The Morgan fingerprint density at radius 1 is 1.26 bits per heavy atom. The van der Waals surface area contributed by atoms with Gasteiger partial charge >= 0.3 is 0 Å². The highest BCUT2D eigenvalue weighted by molar-refractivity contribution is 6.04. The monoisotopic (exact) mass is 258 g/mol. The molecule has 1 aromatic heterocycles. The zero-order valence-corrected chi connectivity index (χ0v) is 10.7. The Kier molecular flexibility index (Phi) is 4.23. The fraction of sp³-hybridized carbons (Fsp3) is 0.200. The molecule has 3 nitrogen and oxygen atoms in total. The molecule has 19 heavy (non-hydrogen) atoms. The van der Waals surface area contributed by atoms with E-state index in [-0.39, 0.29) is 5.56 Å². The lowest BCUT2D eigenvalue weighted by molar-refractivity contribution is 0.102. The number of anilines is 1. The predicted molar refractivity (Wildman–Crippen MR) is 72.6 cm³/mol.